The Balaban J connectivity index is 2.28. The van der Waals surface area contributed by atoms with Crippen molar-refractivity contribution < 1.29 is 21.6 Å². The quantitative estimate of drug-likeness (QED) is 0.874. The zero-order chi connectivity index (χ0) is 15.7. The molecule has 0 amide bonds. The van der Waals surface area contributed by atoms with E-state index in [1.54, 1.807) is 0 Å². The molecule has 2 rings (SSSR count). The molecule has 1 aromatic carbocycles. The second-order valence-electron chi connectivity index (χ2n) is 3.79. The van der Waals surface area contributed by atoms with Crippen LogP contribution in [0.15, 0.2) is 23.1 Å². The first kappa shape index (κ1) is 15.7. The van der Waals surface area contributed by atoms with E-state index in [-0.39, 0.29) is 12.4 Å². The molecule has 0 aliphatic rings. The van der Waals surface area contributed by atoms with Gasteiger partial charge in [-0.25, -0.2) is 13.1 Å². The first-order valence-electron chi connectivity index (χ1n) is 5.29. The van der Waals surface area contributed by atoms with Crippen LogP contribution in [-0.4, -0.2) is 29.0 Å². The number of halogens is 4. The third-order valence-electron chi connectivity index (χ3n) is 2.36. The molecule has 0 fully saturated rings. The molecule has 0 unspecified atom stereocenters. The van der Waals surface area contributed by atoms with Crippen molar-refractivity contribution in [2.24, 2.45) is 0 Å². The molecular weight excluding hydrogens is 335 g/mol. The molecule has 21 heavy (non-hydrogen) atoms. The maximum absolute atomic E-state index is 12.7. The molecule has 2 N–H and O–H groups in total. The van der Waals surface area contributed by atoms with Gasteiger partial charge < -0.3 is 0 Å². The van der Waals surface area contributed by atoms with E-state index in [4.69, 9.17) is 11.6 Å². The molecule has 2 aromatic rings. The summed E-state index contributed by atoms with van der Waals surface area (Å²) in [5.41, 5.74) is -1.23. The summed E-state index contributed by atoms with van der Waals surface area (Å²) in [6, 6.07) is 2.30. The fraction of sp³-hybridized carbons (Fsp3) is 0.222. The summed E-state index contributed by atoms with van der Waals surface area (Å²) in [5.74, 6) is 0.0450. The van der Waals surface area contributed by atoms with Crippen LogP contribution in [0.5, 0.6) is 0 Å². The van der Waals surface area contributed by atoms with Gasteiger partial charge in [0.15, 0.2) is 5.82 Å². The van der Waals surface area contributed by atoms with Gasteiger partial charge in [0.05, 0.1) is 22.0 Å². The largest absolute Gasteiger partial charge is 0.417 e. The Morgan fingerprint density at radius 1 is 1.33 bits per heavy atom. The lowest BCUT2D eigenvalue weighted by atomic mass is 10.2. The average molecular weight is 342 g/mol. The van der Waals surface area contributed by atoms with E-state index in [0.29, 0.717) is 6.07 Å². The van der Waals surface area contributed by atoms with Crippen LogP contribution >= 0.6 is 11.6 Å². The minimum atomic E-state index is -4.75. The highest BCUT2D eigenvalue weighted by Gasteiger charge is 2.34. The van der Waals surface area contributed by atoms with Crippen LogP contribution in [0, 0.1) is 0 Å². The molecule has 1 aromatic heterocycles. The van der Waals surface area contributed by atoms with Crippen molar-refractivity contribution in [2.75, 3.05) is 0 Å². The van der Waals surface area contributed by atoms with Gasteiger partial charge in [-0.05, 0) is 18.2 Å². The highest BCUT2D eigenvalue weighted by atomic mass is 35.5. The summed E-state index contributed by atoms with van der Waals surface area (Å²) >= 11 is 5.42. The van der Waals surface area contributed by atoms with Crippen LogP contribution < -0.4 is 4.72 Å². The Labute approximate surface area is 121 Å². The van der Waals surface area contributed by atoms with Crippen LogP contribution in [0.1, 0.15) is 11.4 Å². The lowest BCUT2D eigenvalue weighted by Crippen LogP contribution is -2.24. The van der Waals surface area contributed by atoms with E-state index < -0.39 is 31.7 Å². The van der Waals surface area contributed by atoms with Crippen LogP contribution in [0.4, 0.5) is 13.2 Å². The number of tetrazole rings is 1. The summed E-state index contributed by atoms with van der Waals surface area (Å²) in [6.07, 6.45) is -4.75. The molecule has 0 spiro atoms. The predicted octanol–water partition coefficient (Wildman–Crippen LogP) is 1.35. The Kier molecular flexibility index (Phi) is 4.16. The number of rotatable bonds is 4. The minimum Gasteiger partial charge on any atom is -0.207 e. The molecule has 0 bridgehead atoms. The number of sulfonamides is 1. The van der Waals surface area contributed by atoms with E-state index in [1.807, 2.05) is 0 Å². The molecule has 0 radical (unpaired) electrons. The first-order valence-corrected chi connectivity index (χ1v) is 7.15. The topological polar surface area (TPSA) is 101 Å². The molecule has 7 nitrogen and oxygen atoms in total. The Morgan fingerprint density at radius 3 is 2.62 bits per heavy atom. The highest BCUT2D eigenvalue weighted by molar-refractivity contribution is 7.89. The second-order valence-corrected chi connectivity index (χ2v) is 5.97. The third-order valence-corrected chi connectivity index (χ3v) is 4.09. The van der Waals surface area contributed by atoms with Gasteiger partial charge in [0.2, 0.25) is 10.0 Å². The molecule has 0 atom stereocenters. The molecule has 0 aliphatic heterocycles. The van der Waals surface area contributed by atoms with Gasteiger partial charge >= 0.3 is 6.18 Å². The van der Waals surface area contributed by atoms with Crippen molar-refractivity contribution in [2.45, 2.75) is 17.6 Å². The van der Waals surface area contributed by atoms with E-state index in [2.05, 4.69) is 25.3 Å². The Morgan fingerprint density at radius 2 is 2.05 bits per heavy atom. The standard InChI is InChI=1S/C9H7ClF3N5O2S/c10-7-2-1-5(3-6(7)9(11,12)13)21(19,20)14-4-8-15-17-18-16-8/h1-3,14H,4H2,(H,15,16,17,18). The monoisotopic (exact) mass is 341 g/mol. The van der Waals surface area contributed by atoms with E-state index in [1.165, 1.54) is 0 Å². The summed E-state index contributed by atoms with van der Waals surface area (Å²) < 4.78 is 64.0. The van der Waals surface area contributed by atoms with Crippen LogP contribution in [0.2, 0.25) is 5.02 Å². The zero-order valence-electron chi connectivity index (χ0n) is 10.0. The van der Waals surface area contributed by atoms with E-state index in [9.17, 15) is 21.6 Å². The smallest absolute Gasteiger partial charge is 0.207 e. The van der Waals surface area contributed by atoms with Gasteiger partial charge in [-0.3, -0.25) is 0 Å². The number of H-pyrrole nitrogens is 1. The fourth-order valence-corrected chi connectivity index (χ4v) is 2.62. The number of nitrogens with zero attached hydrogens (tertiary/aromatic N) is 3. The van der Waals surface area contributed by atoms with E-state index in [0.717, 1.165) is 12.1 Å². The molecule has 0 saturated heterocycles. The Bertz CT molecular complexity index is 732. The van der Waals surface area contributed by atoms with Gasteiger partial charge in [-0.1, -0.05) is 16.8 Å². The second kappa shape index (κ2) is 5.58. The van der Waals surface area contributed by atoms with Crippen LogP contribution in [0.25, 0.3) is 0 Å². The number of alkyl halides is 3. The molecule has 0 aliphatic carbocycles. The number of aromatic nitrogens is 4. The van der Waals surface area contributed by atoms with Crippen molar-refractivity contribution in [3.63, 3.8) is 0 Å². The highest BCUT2D eigenvalue weighted by Crippen LogP contribution is 2.35. The lowest BCUT2D eigenvalue weighted by molar-refractivity contribution is -0.137. The maximum atomic E-state index is 12.7. The van der Waals surface area contributed by atoms with Gasteiger partial charge in [-0.2, -0.15) is 18.4 Å². The van der Waals surface area contributed by atoms with Crippen molar-refractivity contribution in [3.8, 4) is 0 Å². The number of benzene rings is 1. The van der Waals surface area contributed by atoms with Crippen molar-refractivity contribution in [1.29, 1.82) is 0 Å². The zero-order valence-corrected chi connectivity index (χ0v) is 11.6. The number of hydrogen-bond acceptors (Lipinski definition) is 5. The molecule has 0 saturated carbocycles. The van der Waals surface area contributed by atoms with E-state index >= 15 is 0 Å². The van der Waals surface area contributed by atoms with Gasteiger partial charge in [0, 0.05) is 0 Å². The van der Waals surface area contributed by atoms with Crippen LogP contribution in [-0.2, 0) is 22.7 Å². The van der Waals surface area contributed by atoms with Crippen molar-refractivity contribution >= 4 is 21.6 Å². The van der Waals surface area contributed by atoms with Gasteiger partial charge in [0.1, 0.15) is 0 Å². The average Bonchev–Trinajstić information content (AvgIpc) is 2.88. The molecule has 12 heteroatoms. The van der Waals surface area contributed by atoms with Gasteiger partial charge in [-0.15, -0.1) is 10.2 Å². The summed E-state index contributed by atoms with van der Waals surface area (Å²) in [4.78, 5) is -0.567. The SMILES string of the molecule is O=S(=O)(NCc1nn[nH]n1)c1ccc(Cl)c(C(F)(F)F)c1. The first-order chi connectivity index (χ1) is 9.70. The molecular formula is C9H7ClF3N5O2S. The fourth-order valence-electron chi connectivity index (χ4n) is 1.39. The summed E-state index contributed by atoms with van der Waals surface area (Å²) in [7, 11) is -4.17. The normalized spacial score (nSPS) is 12.6. The predicted molar refractivity (Wildman–Crippen MR) is 64.7 cm³/mol. The lowest BCUT2D eigenvalue weighted by Gasteiger charge is -2.11. The number of aromatic amines is 1. The van der Waals surface area contributed by atoms with Crippen molar-refractivity contribution in [3.05, 3.63) is 34.6 Å². The number of nitrogens with one attached hydrogen (secondary N) is 2. The van der Waals surface area contributed by atoms with Crippen LogP contribution in [0.3, 0.4) is 0 Å². The number of hydrogen-bond donors (Lipinski definition) is 2. The van der Waals surface area contributed by atoms with Gasteiger partial charge in [0.25, 0.3) is 0 Å². The molecule has 1 heterocycles. The third kappa shape index (κ3) is 3.68. The Hall–Kier alpha value is -1.72. The maximum Gasteiger partial charge on any atom is 0.417 e. The van der Waals surface area contributed by atoms with Crippen molar-refractivity contribution in [1.82, 2.24) is 25.3 Å². The summed E-state index contributed by atoms with van der Waals surface area (Å²) in [6.45, 7) is -0.317. The minimum absolute atomic E-state index is 0.0450. The summed E-state index contributed by atoms with van der Waals surface area (Å²) in [5, 5.41) is 11.8. The molecule has 114 valence electrons.